The van der Waals surface area contributed by atoms with E-state index >= 15 is 0 Å². The van der Waals surface area contributed by atoms with E-state index in [1.54, 1.807) is 36.4 Å². The van der Waals surface area contributed by atoms with Crippen LogP contribution in [0.1, 0.15) is 27.7 Å². The highest BCUT2D eigenvalue weighted by molar-refractivity contribution is 5.68. The van der Waals surface area contributed by atoms with E-state index in [9.17, 15) is 19.2 Å². The van der Waals surface area contributed by atoms with Crippen molar-refractivity contribution in [2.24, 2.45) is 0 Å². The van der Waals surface area contributed by atoms with Crippen LogP contribution in [0.2, 0.25) is 0 Å². The van der Waals surface area contributed by atoms with Gasteiger partial charge in [-0.2, -0.15) is 0 Å². The second-order valence-corrected chi connectivity index (χ2v) is 8.08. The summed E-state index contributed by atoms with van der Waals surface area (Å²) in [4.78, 5) is 47.2. The van der Waals surface area contributed by atoms with Crippen LogP contribution < -0.4 is 9.47 Å². The first-order valence-corrected chi connectivity index (χ1v) is 11.4. The maximum atomic E-state index is 12.0. The van der Waals surface area contributed by atoms with Gasteiger partial charge in [0.1, 0.15) is 30.0 Å². The molecule has 0 unspecified atom stereocenters. The Morgan fingerprint density at radius 2 is 1.24 bits per heavy atom. The number of hydrogen-bond acceptors (Lipinski definition) is 11. The Kier molecular flexibility index (Phi) is 9.45. The number of carbonyl (C=O) groups excluding carboxylic acids is 4. The number of esters is 4. The molecule has 0 aliphatic carbocycles. The van der Waals surface area contributed by atoms with Gasteiger partial charge in [-0.3, -0.25) is 19.2 Å². The number of hydrogen-bond donors (Lipinski definition) is 0. The first kappa shape index (κ1) is 27.5. The van der Waals surface area contributed by atoms with Crippen molar-refractivity contribution >= 4 is 23.9 Å². The molecule has 1 aliphatic heterocycles. The average molecular weight is 516 g/mol. The minimum Gasteiger partial charge on any atom is -0.463 e. The Bertz CT molecular complexity index is 1100. The average Bonchev–Trinajstić information content (AvgIpc) is 2.81. The van der Waals surface area contributed by atoms with Crippen molar-refractivity contribution in [1.82, 2.24) is 0 Å². The topological polar surface area (TPSA) is 133 Å². The zero-order valence-electron chi connectivity index (χ0n) is 20.8. The Hall–Kier alpha value is -4.12. The van der Waals surface area contributed by atoms with E-state index in [1.165, 1.54) is 6.92 Å². The second kappa shape index (κ2) is 12.7. The summed E-state index contributed by atoms with van der Waals surface area (Å²) in [5.41, 5.74) is 0. The molecule has 0 spiro atoms. The second-order valence-electron chi connectivity index (χ2n) is 8.08. The van der Waals surface area contributed by atoms with Crippen LogP contribution in [0.25, 0.3) is 0 Å². The molecule has 0 radical (unpaired) electrons. The fraction of sp³-hybridized carbons (Fsp3) is 0.385. The van der Waals surface area contributed by atoms with Gasteiger partial charge in [0.15, 0.2) is 12.2 Å². The lowest BCUT2D eigenvalue weighted by molar-refractivity contribution is -0.288. The number of ether oxygens (including phenoxy) is 7. The molecule has 1 fully saturated rings. The normalized spacial score (nSPS) is 22.8. The minimum atomic E-state index is -1.34. The highest BCUT2D eigenvalue weighted by Crippen LogP contribution is 2.32. The van der Waals surface area contributed by atoms with Crippen LogP contribution in [-0.4, -0.2) is 61.2 Å². The molecule has 3 rings (SSSR count). The molecule has 1 aliphatic rings. The molecule has 0 bridgehead atoms. The van der Waals surface area contributed by atoms with Gasteiger partial charge in [0.2, 0.25) is 12.4 Å². The summed E-state index contributed by atoms with van der Waals surface area (Å²) in [6, 6.07) is 15.7. The predicted molar refractivity (Wildman–Crippen MR) is 126 cm³/mol. The molecule has 37 heavy (non-hydrogen) atoms. The minimum absolute atomic E-state index is 0.273. The molecule has 1 saturated heterocycles. The van der Waals surface area contributed by atoms with Crippen LogP contribution in [0.15, 0.2) is 54.6 Å². The lowest BCUT2D eigenvalue weighted by atomic mass is 9.98. The largest absolute Gasteiger partial charge is 0.463 e. The van der Waals surface area contributed by atoms with Gasteiger partial charge < -0.3 is 33.2 Å². The van der Waals surface area contributed by atoms with E-state index in [0.29, 0.717) is 11.5 Å². The summed E-state index contributed by atoms with van der Waals surface area (Å²) in [5.74, 6) is -1.45. The van der Waals surface area contributed by atoms with Gasteiger partial charge in [-0.1, -0.05) is 24.3 Å². The van der Waals surface area contributed by atoms with E-state index in [4.69, 9.17) is 33.2 Å². The van der Waals surface area contributed by atoms with Crippen LogP contribution in [0, 0.1) is 0 Å². The first-order valence-electron chi connectivity index (χ1n) is 11.4. The van der Waals surface area contributed by atoms with Crippen LogP contribution in [0.3, 0.4) is 0 Å². The lowest BCUT2D eigenvalue weighted by Gasteiger charge is -2.43. The van der Waals surface area contributed by atoms with Gasteiger partial charge in [0.25, 0.3) is 0 Å². The Morgan fingerprint density at radius 1 is 0.676 bits per heavy atom. The number of benzene rings is 2. The third-order valence-electron chi connectivity index (χ3n) is 4.98. The molecule has 5 atom stereocenters. The van der Waals surface area contributed by atoms with E-state index < -0.39 is 54.6 Å². The van der Waals surface area contributed by atoms with Crippen molar-refractivity contribution in [2.45, 2.75) is 58.4 Å². The van der Waals surface area contributed by atoms with E-state index in [2.05, 4.69) is 0 Å². The molecule has 198 valence electrons. The zero-order chi connectivity index (χ0) is 26.9. The SMILES string of the molecule is CC(=O)OC[C@@H]1O[C@@H](Oc2cccc(Oc3ccccc3)c2)[C@@H](OC(C)=O)[C@@H](OC(C)=O)[C@@H]1OC(C)=O. The van der Waals surface area contributed by atoms with E-state index in [1.807, 2.05) is 18.2 Å². The van der Waals surface area contributed by atoms with Crippen LogP contribution in [0.4, 0.5) is 0 Å². The summed E-state index contributed by atoms with van der Waals surface area (Å²) in [7, 11) is 0. The van der Waals surface area contributed by atoms with Gasteiger partial charge in [0, 0.05) is 33.8 Å². The quantitative estimate of drug-likeness (QED) is 0.360. The van der Waals surface area contributed by atoms with Crippen molar-refractivity contribution in [3.8, 4) is 17.2 Å². The third kappa shape index (κ3) is 8.21. The van der Waals surface area contributed by atoms with Gasteiger partial charge in [-0.05, 0) is 24.3 Å². The molecular weight excluding hydrogens is 488 g/mol. The standard InChI is InChI=1S/C26H28O11/c1-15(27)31-14-22-23(32-16(2)28)24(33-17(3)29)25(34-18(4)30)26(37-22)36-21-12-8-11-20(13-21)35-19-9-6-5-7-10-19/h5-13,22-26H,14H2,1-4H3/t22-,23+,24-,25-,26+/m0/s1. The maximum absolute atomic E-state index is 12.0. The molecular formula is C26H28O11. The number of para-hydroxylation sites is 1. The van der Waals surface area contributed by atoms with Gasteiger partial charge in [-0.25, -0.2) is 0 Å². The molecule has 0 aromatic heterocycles. The molecule has 1 heterocycles. The Morgan fingerprint density at radius 3 is 1.86 bits per heavy atom. The molecule has 2 aromatic rings. The molecule has 11 heteroatoms. The third-order valence-corrected chi connectivity index (χ3v) is 4.98. The van der Waals surface area contributed by atoms with Gasteiger partial charge in [0.05, 0.1) is 0 Å². The van der Waals surface area contributed by atoms with Crippen molar-refractivity contribution in [1.29, 1.82) is 0 Å². The number of rotatable bonds is 9. The highest BCUT2D eigenvalue weighted by atomic mass is 16.7. The summed E-state index contributed by atoms with van der Waals surface area (Å²) in [5, 5.41) is 0. The maximum Gasteiger partial charge on any atom is 0.303 e. The highest BCUT2D eigenvalue weighted by Gasteiger charge is 2.53. The van der Waals surface area contributed by atoms with E-state index in [-0.39, 0.29) is 12.4 Å². The smallest absolute Gasteiger partial charge is 0.303 e. The summed E-state index contributed by atoms with van der Waals surface area (Å²) in [6.45, 7) is 4.29. The number of carbonyl (C=O) groups is 4. The lowest BCUT2D eigenvalue weighted by Crippen LogP contribution is -2.63. The van der Waals surface area contributed by atoms with Crippen molar-refractivity contribution in [3.05, 3.63) is 54.6 Å². The molecule has 2 aromatic carbocycles. The van der Waals surface area contributed by atoms with Crippen molar-refractivity contribution in [2.75, 3.05) is 6.61 Å². The predicted octanol–water partition coefficient (Wildman–Crippen LogP) is 2.94. The first-order chi connectivity index (χ1) is 17.6. The Balaban J connectivity index is 1.93. The fourth-order valence-corrected chi connectivity index (χ4v) is 3.65. The van der Waals surface area contributed by atoms with Gasteiger partial charge in [-0.15, -0.1) is 0 Å². The van der Waals surface area contributed by atoms with Crippen LogP contribution in [0.5, 0.6) is 17.2 Å². The zero-order valence-corrected chi connectivity index (χ0v) is 20.8. The van der Waals surface area contributed by atoms with Crippen LogP contribution in [-0.2, 0) is 42.9 Å². The van der Waals surface area contributed by atoms with Crippen molar-refractivity contribution in [3.63, 3.8) is 0 Å². The molecule has 0 N–H and O–H groups in total. The Labute approximate surface area is 213 Å². The summed E-state index contributed by atoms with van der Waals surface area (Å²) >= 11 is 0. The van der Waals surface area contributed by atoms with Gasteiger partial charge >= 0.3 is 23.9 Å². The molecule has 0 amide bonds. The summed E-state index contributed by atoms with van der Waals surface area (Å²) in [6.07, 6.45) is -6.38. The summed E-state index contributed by atoms with van der Waals surface area (Å²) < 4.78 is 39.0. The molecule has 0 saturated carbocycles. The molecule has 11 nitrogen and oxygen atoms in total. The van der Waals surface area contributed by atoms with Crippen molar-refractivity contribution < 1.29 is 52.3 Å². The fourth-order valence-electron chi connectivity index (χ4n) is 3.65. The monoisotopic (exact) mass is 516 g/mol. The van der Waals surface area contributed by atoms with Crippen LogP contribution >= 0.6 is 0 Å². The van der Waals surface area contributed by atoms with E-state index in [0.717, 1.165) is 20.8 Å².